The highest BCUT2D eigenvalue weighted by Gasteiger charge is 2.36. The summed E-state index contributed by atoms with van der Waals surface area (Å²) in [6.45, 7) is 4.68. The quantitative estimate of drug-likeness (QED) is 0.0876. The van der Waals surface area contributed by atoms with Crippen LogP contribution < -0.4 is 21.3 Å². The van der Waals surface area contributed by atoms with Gasteiger partial charge in [0.05, 0.1) is 38.6 Å². The highest BCUT2D eigenvalue weighted by molar-refractivity contribution is 6.17. The van der Waals surface area contributed by atoms with E-state index < -0.39 is 0 Å². The van der Waals surface area contributed by atoms with Crippen LogP contribution >= 0.6 is 0 Å². The van der Waals surface area contributed by atoms with Crippen molar-refractivity contribution in [3.05, 3.63) is 497 Å². The van der Waals surface area contributed by atoms with E-state index in [1.807, 2.05) is 36.4 Å². The summed E-state index contributed by atoms with van der Waals surface area (Å²) >= 11 is 0. The molecule has 0 atom stereocenters. The number of nitrogens with zero attached hydrogens (tertiary/aromatic N) is 4. The third-order valence-corrected chi connectivity index (χ3v) is 25.3. The number of hydrogen-bond acceptors (Lipinski definition) is 4. The molecule has 0 amide bonds. The molecule has 0 aliphatic heterocycles. The van der Waals surface area contributed by atoms with Gasteiger partial charge in [-0.25, -0.2) is 0 Å². The van der Waals surface area contributed by atoms with Gasteiger partial charge in [-0.15, -0.1) is 0 Å². The smallest absolute Gasteiger partial charge is 0.0562 e. The molecule has 0 saturated carbocycles. The van der Waals surface area contributed by atoms with Crippen molar-refractivity contribution < 1.29 is 0 Å². The fourth-order valence-electron chi connectivity index (χ4n) is 19.2. The minimum absolute atomic E-state index is 0.0271. The Morgan fingerprint density at radius 2 is 0.605 bits per heavy atom. The Morgan fingerprint density at radius 3 is 1.33 bits per heavy atom. The molecule has 4 N–H and O–H groups in total. The summed E-state index contributed by atoms with van der Waals surface area (Å²) in [5.74, 6) is 0. The molecule has 0 unspecified atom stereocenters. The maximum absolute atomic E-state index is 3.67. The lowest BCUT2D eigenvalue weighted by atomic mass is 9.82. The molecule has 0 saturated heterocycles. The van der Waals surface area contributed by atoms with Crippen LogP contribution in [0.15, 0.2) is 485 Å². The molecule has 8 heteroatoms. The van der Waals surface area contributed by atoms with Crippen molar-refractivity contribution in [2.75, 3.05) is 21.3 Å². The Balaban J connectivity index is 0.000000102. The normalized spacial score (nSPS) is 11.9. The summed E-state index contributed by atoms with van der Waals surface area (Å²) in [6.07, 6.45) is 2.15. The highest BCUT2D eigenvalue weighted by Crippen LogP contribution is 2.50. The number of fused-ring (bicyclic) bond motifs is 16. The van der Waals surface area contributed by atoms with E-state index in [9.17, 15) is 0 Å². The zero-order chi connectivity index (χ0) is 86.1. The second-order valence-electron chi connectivity index (χ2n) is 33.5. The van der Waals surface area contributed by atoms with Crippen LogP contribution in [0.2, 0.25) is 0 Å². The molecule has 0 bridgehead atoms. The van der Waals surface area contributed by atoms with Crippen molar-refractivity contribution in [3.8, 4) is 56.1 Å². The lowest BCUT2D eigenvalue weighted by Crippen LogP contribution is -2.15. The molecule has 129 heavy (non-hydrogen) atoms. The van der Waals surface area contributed by atoms with Gasteiger partial charge in [0.15, 0.2) is 0 Å². The minimum atomic E-state index is -0.0271. The molecule has 8 nitrogen and oxygen atoms in total. The van der Waals surface area contributed by atoms with Gasteiger partial charge in [-0.3, -0.25) is 0 Å². The van der Waals surface area contributed by atoms with Gasteiger partial charge in [0, 0.05) is 128 Å². The SMILES string of the molecule is CC1(C)c2ccccc2-c2ccc(-n3c4ccccc4c4ccc(Nc5ccccc5)cc43)cc21.c1ccc(-c2ccc(Nc3cccc4c3c3ccccc3n4-c3ccccc3)cc2)cc1.c1ccc(-c2cccc(-n3c4ccccc4c4cc(Nc5cccc6ccccc56)ccc43)c2)cc1.c1ccc(Nc2cccc3c2ccc2c3ccn2-c2ccccc2)cc1. The van der Waals surface area contributed by atoms with Gasteiger partial charge in [0.2, 0.25) is 0 Å². The summed E-state index contributed by atoms with van der Waals surface area (Å²) in [6, 6.07) is 170. The predicted octanol–water partition coefficient (Wildman–Crippen LogP) is 32.9. The van der Waals surface area contributed by atoms with Crippen molar-refractivity contribution in [3.63, 3.8) is 0 Å². The van der Waals surface area contributed by atoms with E-state index >= 15 is 0 Å². The molecule has 24 aromatic rings. The van der Waals surface area contributed by atoms with Gasteiger partial charge >= 0.3 is 0 Å². The topological polar surface area (TPSA) is 67.8 Å². The standard InChI is InChI=1S/C34H24N2.C33H26N2.C30H22N2.C24H18N2/c1-2-10-24(11-3-1)26-14-8-15-28(22-26)36-33-19-7-6-17-30(33)31-23-27(20-21-34(31)36)35-32-18-9-13-25-12-4-5-16-29(25)32;1-33(2)29-14-8-6-12-25(29)26-19-17-24(21-30(26)33)35-31-15-9-7-13-27(31)28-18-16-23(20-32(28)35)34-22-10-4-3-5-11-22;1-3-10-22(11-4-1)23-18-20-24(21-19-23)31-27-15-9-17-29-30(27)26-14-7-8-16-28(26)32(29)25-12-5-2-6-13-25;1-3-8-18(9-4-1)25-23-13-7-12-20-21(23)14-15-24-22(20)16-17-26(24)19-10-5-2-6-11-19/h1-23,35H;3-21,34H,1-2H3;1-21,31H;1-17,25H. The molecule has 614 valence electrons. The van der Waals surface area contributed by atoms with E-state index in [4.69, 9.17) is 0 Å². The fourth-order valence-corrected chi connectivity index (χ4v) is 19.2. The molecular weight excluding hydrogens is 1570 g/mol. The first-order valence-corrected chi connectivity index (χ1v) is 44.2. The molecule has 1 aliphatic rings. The van der Waals surface area contributed by atoms with E-state index in [2.05, 4.69) is 502 Å². The first kappa shape index (κ1) is 78.1. The monoisotopic (exact) mass is 1650 g/mol. The molecule has 4 aromatic heterocycles. The largest absolute Gasteiger partial charge is 0.355 e. The van der Waals surface area contributed by atoms with E-state index in [0.717, 1.165) is 51.2 Å². The summed E-state index contributed by atoms with van der Waals surface area (Å²) in [5, 5.41) is 28.2. The Labute approximate surface area is 749 Å². The zero-order valence-electron chi connectivity index (χ0n) is 71.5. The predicted molar refractivity (Wildman–Crippen MR) is 548 cm³/mol. The second-order valence-corrected chi connectivity index (χ2v) is 33.5. The molecule has 4 heterocycles. The van der Waals surface area contributed by atoms with Gasteiger partial charge < -0.3 is 39.5 Å². The molecule has 20 aromatic carbocycles. The Bertz CT molecular complexity index is 8230. The summed E-state index contributed by atoms with van der Waals surface area (Å²) < 4.78 is 9.37. The maximum Gasteiger partial charge on any atom is 0.0562 e. The number of anilines is 8. The first-order valence-electron chi connectivity index (χ1n) is 44.2. The molecule has 0 radical (unpaired) electrons. The highest BCUT2D eigenvalue weighted by atomic mass is 15.0. The Morgan fingerprint density at radius 1 is 0.194 bits per heavy atom. The van der Waals surface area contributed by atoms with Gasteiger partial charge in [0.25, 0.3) is 0 Å². The molecule has 0 fully saturated rings. The van der Waals surface area contributed by atoms with Gasteiger partial charge in [-0.05, 0) is 225 Å². The summed E-state index contributed by atoms with van der Waals surface area (Å²) in [7, 11) is 0. The number of hydrogen-bond donors (Lipinski definition) is 4. The maximum atomic E-state index is 3.67. The van der Waals surface area contributed by atoms with Crippen molar-refractivity contribution in [1.82, 2.24) is 18.3 Å². The number of nitrogens with one attached hydrogen (secondary N) is 4. The van der Waals surface area contributed by atoms with E-state index in [0.29, 0.717) is 0 Å². The lowest BCUT2D eigenvalue weighted by molar-refractivity contribution is 0.660. The van der Waals surface area contributed by atoms with Crippen LogP contribution in [0.25, 0.3) is 154 Å². The zero-order valence-corrected chi connectivity index (χ0v) is 71.5. The van der Waals surface area contributed by atoms with E-state index in [1.54, 1.807) is 0 Å². The third-order valence-electron chi connectivity index (χ3n) is 25.3. The molecule has 1 aliphatic carbocycles. The van der Waals surface area contributed by atoms with Crippen molar-refractivity contribution >= 4 is 143 Å². The Hall–Kier alpha value is -16.9. The van der Waals surface area contributed by atoms with Crippen LogP contribution in [-0.2, 0) is 5.41 Å². The fraction of sp³-hybridized carbons (Fsp3) is 0.0248. The van der Waals surface area contributed by atoms with Gasteiger partial charge in [-0.1, -0.05) is 323 Å². The number of rotatable bonds is 14. The van der Waals surface area contributed by atoms with Crippen molar-refractivity contribution in [2.45, 2.75) is 19.3 Å². The number of aromatic nitrogens is 4. The van der Waals surface area contributed by atoms with Crippen molar-refractivity contribution in [1.29, 1.82) is 0 Å². The minimum Gasteiger partial charge on any atom is -0.355 e. The number of benzene rings is 20. The van der Waals surface area contributed by atoms with Crippen LogP contribution in [0, 0.1) is 0 Å². The lowest BCUT2D eigenvalue weighted by Gasteiger charge is -2.22. The number of para-hydroxylation sites is 7. The molecule has 0 spiro atoms. The van der Waals surface area contributed by atoms with E-state index in [-0.39, 0.29) is 5.41 Å². The Kier molecular flexibility index (Phi) is 20.5. The third kappa shape index (κ3) is 15.0. The van der Waals surface area contributed by atoms with Crippen LogP contribution in [0.1, 0.15) is 25.0 Å². The average molecular weight is 1660 g/mol. The van der Waals surface area contributed by atoms with Crippen LogP contribution in [-0.4, -0.2) is 18.3 Å². The molecular formula is C121H90N8. The first-order chi connectivity index (χ1) is 63.7. The van der Waals surface area contributed by atoms with E-state index in [1.165, 1.54) is 159 Å². The van der Waals surface area contributed by atoms with Crippen LogP contribution in [0.4, 0.5) is 45.5 Å². The summed E-state index contributed by atoms with van der Waals surface area (Å²) in [5.41, 5.74) is 32.3. The second kappa shape index (κ2) is 34.0. The summed E-state index contributed by atoms with van der Waals surface area (Å²) in [4.78, 5) is 0. The molecule has 25 rings (SSSR count). The average Bonchev–Trinajstić information content (AvgIpc) is 1.57. The van der Waals surface area contributed by atoms with Crippen LogP contribution in [0.3, 0.4) is 0 Å². The van der Waals surface area contributed by atoms with Gasteiger partial charge in [-0.2, -0.15) is 0 Å². The van der Waals surface area contributed by atoms with Gasteiger partial charge in [0.1, 0.15) is 0 Å². The van der Waals surface area contributed by atoms with Crippen molar-refractivity contribution in [2.24, 2.45) is 0 Å². The van der Waals surface area contributed by atoms with Crippen LogP contribution in [0.5, 0.6) is 0 Å².